The molecule has 1 N–H and O–H groups in total. The summed E-state index contributed by atoms with van der Waals surface area (Å²) in [6.45, 7) is 9.89. The summed E-state index contributed by atoms with van der Waals surface area (Å²) in [6.07, 6.45) is 1.88. The van der Waals surface area contributed by atoms with Gasteiger partial charge in [-0.3, -0.25) is 14.4 Å². The lowest BCUT2D eigenvalue weighted by molar-refractivity contribution is -0.143. The van der Waals surface area contributed by atoms with E-state index >= 15 is 0 Å². The van der Waals surface area contributed by atoms with Gasteiger partial charge in [-0.15, -0.1) is 0 Å². The number of ether oxygens (including phenoxy) is 1. The first-order valence-electron chi connectivity index (χ1n) is 11.8. The number of carboxylic acid groups (broad SMARTS) is 1. The van der Waals surface area contributed by atoms with Crippen molar-refractivity contribution < 1.29 is 19.4 Å². The molecule has 4 rings (SSSR count). The van der Waals surface area contributed by atoms with Crippen LogP contribution in [0.1, 0.15) is 60.3 Å². The first kappa shape index (κ1) is 23.3. The zero-order chi connectivity index (χ0) is 23.5. The van der Waals surface area contributed by atoms with Gasteiger partial charge >= 0.3 is 12.1 Å². The molecule has 1 aromatic heterocycles. The quantitative estimate of drug-likeness (QED) is 0.737. The lowest BCUT2D eigenvalue weighted by atomic mass is 9.96. The topological polar surface area (TPSA) is 87.9 Å². The number of rotatable bonds is 5. The molecule has 0 radical (unpaired) electrons. The van der Waals surface area contributed by atoms with E-state index in [1.807, 2.05) is 30.7 Å². The zero-order valence-electron chi connectivity index (χ0n) is 19.8. The van der Waals surface area contributed by atoms with Crippen molar-refractivity contribution in [2.75, 3.05) is 19.6 Å². The molecule has 1 fully saturated rings. The summed E-state index contributed by atoms with van der Waals surface area (Å²) < 4.78 is 7.64. The number of aryl methyl sites for hydroxylation is 3. The molecule has 0 bridgehead atoms. The number of likely N-dealkylation sites (tertiary alicyclic amines) is 1. The summed E-state index contributed by atoms with van der Waals surface area (Å²) in [5.74, 6) is -0.934. The van der Waals surface area contributed by atoms with Crippen molar-refractivity contribution >= 4 is 12.1 Å². The van der Waals surface area contributed by atoms with Crippen LogP contribution in [0.15, 0.2) is 24.3 Å². The molecule has 1 saturated heterocycles. The third kappa shape index (κ3) is 5.55. The second-order valence-corrected chi connectivity index (χ2v) is 9.43. The number of nitrogens with zero attached hydrogens (tertiary/aromatic N) is 4. The highest BCUT2D eigenvalue weighted by Gasteiger charge is 2.29. The Morgan fingerprint density at radius 3 is 2.45 bits per heavy atom. The Morgan fingerprint density at radius 1 is 1.09 bits per heavy atom. The molecule has 2 aliphatic heterocycles. The summed E-state index contributed by atoms with van der Waals surface area (Å²) in [5.41, 5.74) is 5.31. The van der Waals surface area contributed by atoms with Gasteiger partial charge in [0.2, 0.25) is 0 Å². The minimum Gasteiger partial charge on any atom is -0.481 e. The molecular weight excluding hydrogens is 420 g/mol. The minimum absolute atomic E-state index is 0.115. The second-order valence-electron chi connectivity index (χ2n) is 9.43. The average molecular weight is 455 g/mol. The van der Waals surface area contributed by atoms with Crippen molar-refractivity contribution in [1.82, 2.24) is 19.6 Å². The number of carboxylic acids is 1. The first-order valence-corrected chi connectivity index (χ1v) is 11.8. The molecule has 0 aliphatic carbocycles. The molecule has 0 saturated carbocycles. The summed E-state index contributed by atoms with van der Waals surface area (Å²) in [7, 11) is 0. The van der Waals surface area contributed by atoms with E-state index in [4.69, 9.17) is 9.84 Å². The molecule has 8 nitrogen and oxygen atoms in total. The molecule has 1 amide bonds. The Labute approximate surface area is 195 Å². The second kappa shape index (κ2) is 9.95. The van der Waals surface area contributed by atoms with Crippen LogP contribution in [0.2, 0.25) is 0 Å². The number of aromatic nitrogens is 2. The van der Waals surface area contributed by atoms with E-state index < -0.39 is 5.97 Å². The number of carbonyl (C=O) groups excluding carboxylic acids is 1. The number of fused-ring (bicyclic) bond motifs is 1. The molecule has 2 aliphatic rings. The summed E-state index contributed by atoms with van der Waals surface area (Å²) in [6, 6.07) is 8.40. The summed E-state index contributed by atoms with van der Waals surface area (Å²) >= 11 is 0. The maximum Gasteiger partial charge on any atom is 0.410 e. The third-order valence-electron chi connectivity index (χ3n) is 6.79. The maximum atomic E-state index is 12.8. The number of hydrogen-bond acceptors (Lipinski definition) is 5. The van der Waals surface area contributed by atoms with Crippen LogP contribution in [-0.2, 0) is 29.2 Å². The maximum absolute atomic E-state index is 12.8. The predicted octanol–water partition coefficient (Wildman–Crippen LogP) is 3.90. The highest BCUT2D eigenvalue weighted by molar-refractivity contribution is 5.70. The molecule has 1 unspecified atom stereocenters. The smallest absolute Gasteiger partial charge is 0.410 e. The fourth-order valence-corrected chi connectivity index (χ4v) is 4.95. The summed E-state index contributed by atoms with van der Waals surface area (Å²) in [5, 5.41) is 14.1. The molecule has 33 heavy (non-hydrogen) atoms. The Bertz CT molecular complexity index is 990. The van der Waals surface area contributed by atoms with Crippen molar-refractivity contribution in [3.8, 4) is 0 Å². The number of carbonyl (C=O) groups is 2. The van der Waals surface area contributed by atoms with Gasteiger partial charge in [0.1, 0.15) is 6.61 Å². The van der Waals surface area contributed by atoms with E-state index in [1.165, 1.54) is 0 Å². The number of aliphatic carboxylic acids is 1. The minimum atomic E-state index is -0.694. The highest BCUT2D eigenvalue weighted by atomic mass is 16.6. The van der Waals surface area contributed by atoms with E-state index in [0.29, 0.717) is 25.9 Å². The normalized spacial score (nSPS) is 18.5. The SMILES string of the molecule is Cc1cc(C)cc(COC(=O)N2CCCn3nc(C(C)N4CCC(C(=O)O)CC4)cc3C2)c1. The van der Waals surface area contributed by atoms with Crippen molar-refractivity contribution in [2.24, 2.45) is 5.92 Å². The molecular formula is C25H34N4O4. The van der Waals surface area contributed by atoms with E-state index in [1.54, 1.807) is 4.90 Å². The van der Waals surface area contributed by atoms with E-state index in [9.17, 15) is 14.7 Å². The Morgan fingerprint density at radius 2 is 1.79 bits per heavy atom. The van der Waals surface area contributed by atoms with Crippen LogP contribution in [0, 0.1) is 19.8 Å². The van der Waals surface area contributed by atoms with Gasteiger partial charge in [-0.1, -0.05) is 29.3 Å². The largest absolute Gasteiger partial charge is 0.481 e. The van der Waals surface area contributed by atoms with Gasteiger partial charge in [-0.25, -0.2) is 4.79 Å². The van der Waals surface area contributed by atoms with E-state index in [2.05, 4.69) is 24.0 Å². The van der Waals surface area contributed by atoms with Crippen LogP contribution in [-0.4, -0.2) is 56.4 Å². The number of hydrogen-bond donors (Lipinski definition) is 1. The van der Waals surface area contributed by atoms with Crippen LogP contribution >= 0.6 is 0 Å². The van der Waals surface area contributed by atoms with Gasteiger partial charge in [0.05, 0.1) is 29.9 Å². The fraction of sp³-hybridized carbons (Fsp3) is 0.560. The van der Waals surface area contributed by atoms with Crippen LogP contribution < -0.4 is 0 Å². The van der Waals surface area contributed by atoms with Crippen LogP contribution in [0.4, 0.5) is 4.79 Å². The van der Waals surface area contributed by atoms with Crippen molar-refractivity contribution in [3.05, 3.63) is 52.3 Å². The Kier molecular flexibility index (Phi) is 7.02. The first-order chi connectivity index (χ1) is 15.8. The van der Waals surface area contributed by atoms with E-state index in [0.717, 1.165) is 54.1 Å². The lowest BCUT2D eigenvalue weighted by Crippen LogP contribution is -2.38. The predicted molar refractivity (Wildman–Crippen MR) is 124 cm³/mol. The summed E-state index contributed by atoms with van der Waals surface area (Å²) in [4.78, 5) is 28.1. The van der Waals surface area contributed by atoms with Crippen molar-refractivity contribution in [1.29, 1.82) is 0 Å². The molecule has 1 aromatic carbocycles. The molecule has 178 valence electrons. The highest BCUT2D eigenvalue weighted by Crippen LogP contribution is 2.27. The molecule has 0 spiro atoms. The molecule has 2 aromatic rings. The van der Waals surface area contributed by atoms with Gasteiger partial charge in [0.15, 0.2) is 0 Å². The van der Waals surface area contributed by atoms with Gasteiger partial charge < -0.3 is 14.7 Å². The Balaban J connectivity index is 1.37. The standard InChI is InChI=1S/C25H34N4O4/c1-17-11-18(2)13-20(12-17)16-33-25(32)28-7-4-8-29-22(15-28)14-23(26-29)19(3)27-9-5-21(6-10-27)24(30)31/h11-14,19,21H,4-10,15-16H2,1-3H3,(H,30,31). The molecule has 3 heterocycles. The zero-order valence-corrected chi connectivity index (χ0v) is 19.8. The van der Waals surface area contributed by atoms with Crippen molar-refractivity contribution in [2.45, 2.75) is 65.8 Å². The molecule has 1 atom stereocenters. The monoisotopic (exact) mass is 454 g/mol. The number of amides is 1. The van der Waals surface area contributed by atoms with Gasteiger partial charge in [0.25, 0.3) is 0 Å². The van der Waals surface area contributed by atoms with Crippen LogP contribution in [0.3, 0.4) is 0 Å². The lowest BCUT2D eigenvalue weighted by Gasteiger charge is -2.33. The number of benzene rings is 1. The van der Waals surface area contributed by atoms with Crippen LogP contribution in [0.25, 0.3) is 0 Å². The number of piperidine rings is 1. The van der Waals surface area contributed by atoms with Gasteiger partial charge in [0, 0.05) is 13.1 Å². The average Bonchev–Trinajstić information content (AvgIpc) is 3.07. The van der Waals surface area contributed by atoms with E-state index in [-0.39, 0.29) is 24.7 Å². The third-order valence-corrected chi connectivity index (χ3v) is 6.79. The fourth-order valence-electron chi connectivity index (χ4n) is 4.95. The Hall–Kier alpha value is -2.87. The van der Waals surface area contributed by atoms with Crippen molar-refractivity contribution in [3.63, 3.8) is 0 Å². The van der Waals surface area contributed by atoms with Gasteiger partial charge in [-0.05, 0) is 64.8 Å². The van der Waals surface area contributed by atoms with Crippen LogP contribution in [0.5, 0.6) is 0 Å². The molecule has 8 heteroatoms. The van der Waals surface area contributed by atoms with Gasteiger partial charge in [-0.2, -0.15) is 5.10 Å².